The Morgan fingerprint density at radius 2 is 2.16 bits per heavy atom. The van der Waals surface area contributed by atoms with Crippen LogP contribution in [0.15, 0.2) is 47.3 Å². The number of amides is 1. The highest BCUT2D eigenvalue weighted by Crippen LogP contribution is 2.29. The van der Waals surface area contributed by atoms with Crippen LogP contribution in [-0.2, 0) is 6.54 Å². The number of nitrogens with one attached hydrogen (secondary N) is 1. The molecule has 0 atom stereocenters. The Kier molecular flexibility index (Phi) is 3.82. The maximum Gasteiger partial charge on any atom is 0.264 e. The Bertz CT molecular complexity index is 1030. The van der Waals surface area contributed by atoms with Gasteiger partial charge in [-0.2, -0.15) is 0 Å². The molecular weight excluding hydrogens is 340 g/mol. The van der Waals surface area contributed by atoms with Crippen LogP contribution in [0.1, 0.15) is 15.4 Å². The van der Waals surface area contributed by atoms with E-state index in [1.165, 1.54) is 23.8 Å². The standard InChI is InChI=1S/C16H12N6O2S/c17-12-10-7-11(14(23)20-8-9-3-1-2-4-18-9)25-16(10)22-13(21-12)15-19-5-6-24-15/h1-7H,8H2,(H,20,23)(H2,17,21,22). The fourth-order valence-corrected chi connectivity index (χ4v) is 3.20. The summed E-state index contributed by atoms with van der Waals surface area (Å²) in [5, 5.41) is 3.45. The van der Waals surface area contributed by atoms with Crippen molar-refractivity contribution in [3.8, 4) is 11.7 Å². The molecule has 0 aliphatic carbocycles. The van der Waals surface area contributed by atoms with Gasteiger partial charge in [-0.25, -0.2) is 15.0 Å². The van der Waals surface area contributed by atoms with Crippen molar-refractivity contribution in [2.75, 3.05) is 5.73 Å². The highest BCUT2D eigenvalue weighted by atomic mass is 32.1. The van der Waals surface area contributed by atoms with E-state index < -0.39 is 0 Å². The molecule has 0 aliphatic rings. The number of hydrogen-bond acceptors (Lipinski definition) is 8. The van der Waals surface area contributed by atoms with Gasteiger partial charge in [0.2, 0.25) is 5.82 Å². The summed E-state index contributed by atoms with van der Waals surface area (Å²) in [7, 11) is 0. The van der Waals surface area contributed by atoms with Crippen LogP contribution in [0.4, 0.5) is 5.82 Å². The lowest BCUT2D eigenvalue weighted by Crippen LogP contribution is -2.22. The van der Waals surface area contributed by atoms with E-state index in [2.05, 4.69) is 25.3 Å². The molecule has 4 rings (SSSR count). The van der Waals surface area contributed by atoms with Crippen molar-refractivity contribution in [2.45, 2.75) is 6.54 Å². The van der Waals surface area contributed by atoms with Crippen molar-refractivity contribution in [3.63, 3.8) is 0 Å². The second-order valence-electron chi connectivity index (χ2n) is 5.10. The Morgan fingerprint density at radius 1 is 1.24 bits per heavy atom. The van der Waals surface area contributed by atoms with Gasteiger partial charge in [0.05, 0.1) is 28.7 Å². The first-order chi connectivity index (χ1) is 12.2. The third kappa shape index (κ3) is 3.04. The molecule has 8 nitrogen and oxygen atoms in total. The number of oxazole rings is 1. The lowest BCUT2D eigenvalue weighted by Gasteiger charge is -2.02. The highest BCUT2D eigenvalue weighted by Gasteiger charge is 2.16. The normalized spacial score (nSPS) is 10.9. The second kappa shape index (κ2) is 6.29. The first-order valence-corrected chi connectivity index (χ1v) is 8.17. The third-order valence-corrected chi connectivity index (χ3v) is 4.45. The van der Waals surface area contributed by atoms with Gasteiger partial charge in [0.15, 0.2) is 0 Å². The smallest absolute Gasteiger partial charge is 0.264 e. The van der Waals surface area contributed by atoms with Gasteiger partial charge >= 0.3 is 0 Å². The van der Waals surface area contributed by atoms with E-state index >= 15 is 0 Å². The summed E-state index contributed by atoms with van der Waals surface area (Å²) in [6, 6.07) is 7.22. The van der Waals surface area contributed by atoms with E-state index in [1.54, 1.807) is 12.3 Å². The van der Waals surface area contributed by atoms with Gasteiger partial charge in [0.1, 0.15) is 16.9 Å². The third-order valence-electron chi connectivity index (χ3n) is 3.43. The van der Waals surface area contributed by atoms with Crippen LogP contribution < -0.4 is 11.1 Å². The van der Waals surface area contributed by atoms with Gasteiger partial charge in [0, 0.05) is 6.20 Å². The summed E-state index contributed by atoms with van der Waals surface area (Å²) in [5.41, 5.74) is 6.77. The molecule has 124 valence electrons. The number of carbonyl (C=O) groups is 1. The van der Waals surface area contributed by atoms with Crippen LogP contribution in [0.5, 0.6) is 0 Å². The molecule has 9 heteroatoms. The number of thiophene rings is 1. The van der Waals surface area contributed by atoms with Crippen LogP contribution in [0.3, 0.4) is 0 Å². The van der Waals surface area contributed by atoms with Crippen LogP contribution in [0.25, 0.3) is 21.9 Å². The topological polar surface area (TPSA) is 120 Å². The van der Waals surface area contributed by atoms with E-state index in [0.717, 1.165) is 5.69 Å². The van der Waals surface area contributed by atoms with Crippen LogP contribution in [-0.4, -0.2) is 25.8 Å². The molecule has 25 heavy (non-hydrogen) atoms. The predicted octanol–water partition coefficient (Wildman–Crippen LogP) is 2.25. The van der Waals surface area contributed by atoms with Gasteiger partial charge in [-0.3, -0.25) is 9.78 Å². The van der Waals surface area contributed by atoms with Gasteiger partial charge in [-0.1, -0.05) is 6.07 Å². The zero-order valence-corrected chi connectivity index (χ0v) is 13.7. The number of fused-ring (bicyclic) bond motifs is 1. The minimum absolute atomic E-state index is 0.217. The predicted molar refractivity (Wildman–Crippen MR) is 92.7 cm³/mol. The number of aromatic nitrogens is 4. The summed E-state index contributed by atoms with van der Waals surface area (Å²) >= 11 is 1.23. The van der Waals surface area contributed by atoms with E-state index in [-0.39, 0.29) is 23.4 Å². The van der Waals surface area contributed by atoms with Crippen molar-refractivity contribution in [2.24, 2.45) is 0 Å². The summed E-state index contributed by atoms with van der Waals surface area (Å²) in [5.74, 6) is 0.629. The molecule has 0 saturated heterocycles. The Hall–Kier alpha value is -3.33. The number of pyridine rings is 1. The van der Waals surface area contributed by atoms with E-state index in [1.807, 2.05) is 18.2 Å². The minimum Gasteiger partial charge on any atom is -0.442 e. The lowest BCUT2D eigenvalue weighted by atomic mass is 10.3. The molecule has 4 aromatic rings. The Labute approximate surface area is 145 Å². The van der Waals surface area contributed by atoms with Crippen LogP contribution >= 0.6 is 11.3 Å². The van der Waals surface area contributed by atoms with Crippen LogP contribution in [0, 0.1) is 0 Å². The molecule has 4 heterocycles. The number of hydrogen-bond donors (Lipinski definition) is 2. The van der Waals surface area contributed by atoms with Crippen molar-refractivity contribution in [3.05, 3.63) is 53.5 Å². The molecule has 4 aromatic heterocycles. The maximum absolute atomic E-state index is 12.4. The molecular formula is C16H12N6O2S. The zero-order chi connectivity index (χ0) is 17.2. The lowest BCUT2D eigenvalue weighted by molar-refractivity contribution is 0.0954. The average Bonchev–Trinajstić information content (AvgIpc) is 3.30. The number of nitrogen functional groups attached to an aromatic ring is 1. The molecule has 0 saturated carbocycles. The summed E-state index contributed by atoms with van der Waals surface area (Å²) in [6.07, 6.45) is 4.62. The van der Waals surface area contributed by atoms with Crippen molar-refractivity contribution >= 4 is 33.3 Å². The number of nitrogens with two attached hydrogens (primary N) is 1. The SMILES string of the molecule is Nc1nc(-c2ncco2)nc2sc(C(=O)NCc3ccccn3)cc12. The molecule has 3 N–H and O–H groups in total. The highest BCUT2D eigenvalue weighted by molar-refractivity contribution is 7.20. The van der Waals surface area contributed by atoms with Gasteiger partial charge < -0.3 is 15.5 Å². The molecule has 0 aliphatic heterocycles. The molecule has 1 amide bonds. The van der Waals surface area contributed by atoms with E-state index in [9.17, 15) is 4.79 Å². The zero-order valence-electron chi connectivity index (χ0n) is 12.8. The fraction of sp³-hybridized carbons (Fsp3) is 0.0625. The van der Waals surface area contributed by atoms with Crippen molar-refractivity contribution < 1.29 is 9.21 Å². The van der Waals surface area contributed by atoms with Gasteiger partial charge in [0.25, 0.3) is 11.8 Å². The molecule has 0 unspecified atom stereocenters. The Balaban J connectivity index is 1.60. The summed E-state index contributed by atoms with van der Waals surface area (Å²) in [6.45, 7) is 0.344. The molecule has 0 aromatic carbocycles. The molecule has 0 fully saturated rings. The van der Waals surface area contributed by atoms with Crippen molar-refractivity contribution in [1.82, 2.24) is 25.3 Å². The molecule has 0 bridgehead atoms. The average molecular weight is 352 g/mol. The van der Waals surface area contributed by atoms with Crippen LogP contribution in [0.2, 0.25) is 0 Å². The number of carbonyl (C=O) groups excluding carboxylic acids is 1. The minimum atomic E-state index is -0.217. The summed E-state index contributed by atoms with van der Waals surface area (Å²) < 4.78 is 5.19. The van der Waals surface area contributed by atoms with E-state index in [0.29, 0.717) is 21.6 Å². The monoisotopic (exact) mass is 352 g/mol. The quantitative estimate of drug-likeness (QED) is 0.578. The first kappa shape index (κ1) is 15.2. The van der Waals surface area contributed by atoms with E-state index in [4.69, 9.17) is 10.2 Å². The molecule has 0 spiro atoms. The largest absolute Gasteiger partial charge is 0.442 e. The number of rotatable bonds is 4. The fourth-order valence-electron chi connectivity index (χ4n) is 2.25. The van der Waals surface area contributed by atoms with Crippen molar-refractivity contribution in [1.29, 1.82) is 0 Å². The number of anilines is 1. The van der Waals surface area contributed by atoms with Gasteiger partial charge in [-0.05, 0) is 18.2 Å². The maximum atomic E-state index is 12.4. The number of nitrogens with zero attached hydrogens (tertiary/aromatic N) is 4. The molecule has 0 radical (unpaired) electrons. The first-order valence-electron chi connectivity index (χ1n) is 7.36. The summed E-state index contributed by atoms with van der Waals surface area (Å²) in [4.78, 5) is 30.2. The second-order valence-corrected chi connectivity index (χ2v) is 6.13. The van der Waals surface area contributed by atoms with Gasteiger partial charge in [-0.15, -0.1) is 11.3 Å². The Morgan fingerprint density at radius 3 is 2.92 bits per heavy atom.